The van der Waals surface area contributed by atoms with E-state index in [1.165, 1.54) is 16.8 Å². The Labute approximate surface area is 382 Å². The zero-order chi connectivity index (χ0) is 47.2. The molecule has 0 aliphatic carbocycles. The number of hydrogen-bond donors (Lipinski definition) is 1. The summed E-state index contributed by atoms with van der Waals surface area (Å²) in [7, 11) is 1.61. The molecule has 4 saturated heterocycles. The van der Waals surface area contributed by atoms with Crippen LogP contribution in [0.3, 0.4) is 0 Å². The molecule has 0 radical (unpaired) electrons. The molecule has 4 fully saturated rings. The van der Waals surface area contributed by atoms with Gasteiger partial charge < -0.3 is 19.6 Å². The minimum Gasteiger partial charge on any atom is -0.367 e. The number of carbonyl (C=O) groups excluding carboxylic acids is 2. The lowest BCUT2D eigenvalue weighted by Gasteiger charge is -2.51. The van der Waals surface area contributed by atoms with Crippen LogP contribution in [0.1, 0.15) is 75.3 Å². The van der Waals surface area contributed by atoms with E-state index >= 15 is 0 Å². The number of rotatable bonds is 6. The first kappa shape index (κ1) is 45.1. The van der Waals surface area contributed by atoms with Gasteiger partial charge in [0.25, 0.3) is 11.1 Å². The van der Waals surface area contributed by atoms with Crippen molar-refractivity contribution < 1.29 is 27.2 Å². The average molecular weight is 923 g/mol. The number of benzene rings is 2. The first-order valence-electron chi connectivity index (χ1n) is 22.4. The first-order valence-corrected chi connectivity index (χ1v) is 22.4. The zero-order valence-electron chi connectivity index (χ0n) is 37.4. The Morgan fingerprint density at radius 1 is 0.582 bits per heavy atom. The van der Waals surface area contributed by atoms with E-state index in [9.17, 15) is 36.7 Å². The molecule has 4 aromatic heterocycles. The molecule has 0 saturated carbocycles. The highest BCUT2D eigenvalue weighted by molar-refractivity contribution is 5.96. The minimum atomic E-state index is -0.969. The summed E-state index contributed by atoms with van der Waals surface area (Å²) in [5.74, 6) is -2.93. The van der Waals surface area contributed by atoms with Gasteiger partial charge in [-0.1, -0.05) is 0 Å². The van der Waals surface area contributed by atoms with Crippen molar-refractivity contribution in [1.29, 1.82) is 0 Å². The second-order valence-electron chi connectivity index (χ2n) is 18.0. The van der Waals surface area contributed by atoms with Crippen molar-refractivity contribution in [2.45, 2.75) is 89.1 Å². The predicted octanol–water partition coefficient (Wildman–Crippen LogP) is 6.21. The van der Waals surface area contributed by atoms with Gasteiger partial charge in [-0.25, -0.2) is 36.7 Å². The third-order valence-corrected chi connectivity index (χ3v) is 13.6. The highest BCUT2D eigenvalue weighted by atomic mass is 19.2. The number of anilines is 4. The maximum Gasteiger partial charge on any atom is 0.290 e. The number of H-pyrrole nitrogens is 1. The molecule has 2 amide bonds. The van der Waals surface area contributed by atoms with Gasteiger partial charge in [-0.05, 0) is 101 Å². The lowest BCUT2D eigenvalue weighted by Crippen LogP contribution is -2.60. The van der Waals surface area contributed by atoms with Gasteiger partial charge in [-0.15, -0.1) is 5.10 Å². The Morgan fingerprint density at radius 3 is 1.51 bits per heavy atom. The molecule has 1 N–H and O–H groups in total. The summed E-state index contributed by atoms with van der Waals surface area (Å²) in [6, 6.07) is 10.7. The van der Waals surface area contributed by atoms with Crippen LogP contribution in [0, 0.1) is 37.1 Å². The van der Waals surface area contributed by atoms with E-state index in [1.54, 1.807) is 50.7 Å². The van der Waals surface area contributed by atoms with E-state index in [1.807, 2.05) is 36.0 Å². The quantitative estimate of drug-likeness (QED) is 0.190. The molecule has 0 atom stereocenters. The molecule has 4 aliphatic heterocycles. The molecule has 350 valence electrons. The molecule has 10 rings (SSSR count). The molecule has 8 heterocycles. The molecule has 20 heteroatoms. The second kappa shape index (κ2) is 17.9. The SMILES string of the molecule is Cc1cnn(-c2cc(N3CCC4(CCCC(=O)N4c4ccc(F)c(F)c4)CC3)c(=O)[nH]n2)c1.Cc1cnn(-c2cc(N3CCC4(CCCC(=O)N4c4ccc(F)c(F)c4)CC3)c(=O)n(C)n2)c1. The van der Waals surface area contributed by atoms with Crippen LogP contribution < -0.4 is 30.7 Å². The molecule has 2 spiro atoms. The number of nitrogens with one attached hydrogen (secondary N) is 1. The third-order valence-electron chi connectivity index (χ3n) is 13.6. The van der Waals surface area contributed by atoms with E-state index in [2.05, 4.69) is 25.5 Å². The number of carbonyl (C=O) groups is 2. The minimum absolute atomic E-state index is 0.0816. The van der Waals surface area contributed by atoms with Gasteiger partial charge in [-0.2, -0.15) is 15.3 Å². The monoisotopic (exact) mass is 922 g/mol. The van der Waals surface area contributed by atoms with Crippen LogP contribution in [0.5, 0.6) is 0 Å². The van der Waals surface area contributed by atoms with Gasteiger partial charge in [0.05, 0.1) is 23.5 Å². The van der Waals surface area contributed by atoms with Crippen LogP contribution in [0.4, 0.5) is 40.3 Å². The van der Waals surface area contributed by atoms with Crippen LogP contribution in [-0.2, 0) is 16.6 Å². The lowest BCUT2D eigenvalue weighted by molar-refractivity contribution is -0.122. The number of aromatic nitrogens is 8. The smallest absolute Gasteiger partial charge is 0.290 e. The van der Waals surface area contributed by atoms with Gasteiger partial charge in [-0.3, -0.25) is 19.2 Å². The predicted molar refractivity (Wildman–Crippen MR) is 242 cm³/mol. The molecular weight excluding hydrogens is 873 g/mol. The normalized spacial score (nSPS) is 18.1. The van der Waals surface area contributed by atoms with Gasteiger partial charge >= 0.3 is 0 Å². The van der Waals surface area contributed by atoms with E-state index in [0.717, 1.165) is 61.1 Å². The Kier molecular flexibility index (Phi) is 12.1. The third kappa shape index (κ3) is 8.71. The summed E-state index contributed by atoms with van der Waals surface area (Å²) < 4.78 is 59.5. The number of hydrogen-bond acceptors (Lipinski definition) is 10. The van der Waals surface area contributed by atoms with Crippen molar-refractivity contribution in [2.75, 3.05) is 45.8 Å². The largest absolute Gasteiger partial charge is 0.367 e. The van der Waals surface area contributed by atoms with Crippen molar-refractivity contribution in [2.24, 2.45) is 7.05 Å². The molecule has 4 aliphatic rings. The summed E-state index contributed by atoms with van der Waals surface area (Å²) in [4.78, 5) is 58.6. The number of piperidine rings is 4. The van der Waals surface area contributed by atoms with E-state index < -0.39 is 34.3 Å². The van der Waals surface area contributed by atoms with Crippen molar-refractivity contribution >= 4 is 34.6 Å². The van der Waals surface area contributed by atoms with Crippen LogP contribution >= 0.6 is 0 Å². The highest BCUT2D eigenvalue weighted by Gasteiger charge is 2.47. The standard InChI is InChI=1S/C24H26F2N6O2.C23H24F2N6O2/c1-16-14-27-31(15-16)21-13-20(23(34)29(2)28-21)30-10-8-24(9-11-30)7-3-4-22(33)32(24)17-5-6-18(25)19(26)12-17;1-15-13-26-30(14-15)20-12-19(22(33)28-27-20)29-9-7-23(8-10-29)6-2-3-21(32)31(23)16-4-5-17(24)18(25)11-16/h5-6,12-15H,3-4,7-11H2,1-2H3;4-5,11-14H,2-3,6-10H2,1H3,(H,28,33). The molecule has 67 heavy (non-hydrogen) atoms. The van der Waals surface area contributed by atoms with Crippen LogP contribution in [0.25, 0.3) is 11.6 Å². The number of amides is 2. The van der Waals surface area contributed by atoms with Crippen LogP contribution in [0.2, 0.25) is 0 Å². The van der Waals surface area contributed by atoms with Crippen molar-refractivity contribution in [3.63, 3.8) is 0 Å². The topological polar surface area (TPSA) is 163 Å². The maximum atomic E-state index is 14.0. The van der Waals surface area contributed by atoms with Crippen molar-refractivity contribution in [3.8, 4) is 11.6 Å². The average Bonchev–Trinajstić information content (AvgIpc) is 3.96. The fourth-order valence-electron chi connectivity index (χ4n) is 10.2. The number of nitrogens with zero attached hydrogens (tertiary/aromatic N) is 11. The van der Waals surface area contributed by atoms with Gasteiger partial charge in [0.1, 0.15) is 11.4 Å². The van der Waals surface area contributed by atoms with Gasteiger partial charge in [0, 0.05) is 94.1 Å². The van der Waals surface area contributed by atoms with Crippen LogP contribution in [0.15, 0.2) is 82.9 Å². The maximum absolute atomic E-state index is 14.0. The van der Waals surface area contributed by atoms with Crippen molar-refractivity contribution in [3.05, 3.63) is 128 Å². The molecule has 0 unspecified atom stereocenters. The lowest BCUT2D eigenvalue weighted by atomic mass is 9.77. The fraction of sp³-hybridized carbons (Fsp3) is 0.404. The summed E-state index contributed by atoms with van der Waals surface area (Å²) in [5, 5.41) is 19.5. The summed E-state index contributed by atoms with van der Waals surface area (Å²) >= 11 is 0. The Balaban J connectivity index is 0.000000168. The second-order valence-corrected chi connectivity index (χ2v) is 18.0. The van der Waals surface area contributed by atoms with Gasteiger partial charge in [0.2, 0.25) is 11.8 Å². The summed E-state index contributed by atoms with van der Waals surface area (Å²) in [6.45, 7) is 6.02. The Bertz CT molecular complexity index is 2970. The zero-order valence-corrected chi connectivity index (χ0v) is 37.4. The van der Waals surface area contributed by atoms with E-state index in [4.69, 9.17) is 0 Å². The molecule has 2 aromatic carbocycles. The highest BCUT2D eigenvalue weighted by Crippen LogP contribution is 2.43. The molecular formula is C47H50F4N12O4. The number of halogens is 4. The summed E-state index contributed by atoms with van der Waals surface area (Å²) in [6.07, 6.45) is 13.3. The number of aryl methyl sites for hydroxylation is 3. The first-order chi connectivity index (χ1) is 32.1. The molecule has 0 bridgehead atoms. The fourth-order valence-corrected chi connectivity index (χ4v) is 10.2. The Morgan fingerprint density at radius 2 is 1.04 bits per heavy atom. The van der Waals surface area contributed by atoms with Crippen LogP contribution in [-0.4, -0.2) is 88.6 Å². The Hall–Kier alpha value is -7.12. The van der Waals surface area contributed by atoms with E-state index in [0.29, 0.717) is 99.1 Å². The summed E-state index contributed by atoms with van der Waals surface area (Å²) in [5.41, 5.74) is 2.25. The number of aromatic amines is 1. The van der Waals surface area contributed by atoms with Gasteiger partial charge in [0.15, 0.2) is 34.9 Å². The molecule has 6 aromatic rings. The van der Waals surface area contributed by atoms with Crippen molar-refractivity contribution in [1.82, 2.24) is 39.5 Å². The molecule has 16 nitrogen and oxygen atoms in total. The van der Waals surface area contributed by atoms with E-state index in [-0.39, 0.29) is 22.9 Å².